The van der Waals surface area contributed by atoms with Gasteiger partial charge in [0.15, 0.2) is 18.9 Å². The van der Waals surface area contributed by atoms with Crippen molar-refractivity contribution in [1.82, 2.24) is 5.32 Å². The molecule has 12 N–H and O–H groups in total. The number of rotatable bonds is 46. The van der Waals surface area contributed by atoms with E-state index in [1.54, 1.807) is 6.08 Å². The van der Waals surface area contributed by atoms with Gasteiger partial charge in [-0.1, -0.05) is 195 Å². The van der Waals surface area contributed by atoms with Crippen LogP contribution in [-0.4, -0.2) is 193 Å². The number of amides is 1. The zero-order chi connectivity index (χ0) is 61.2. The Bertz CT molecular complexity index is 1860. The van der Waals surface area contributed by atoms with Crippen molar-refractivity contribution in [1.29, 1.82) is 0 Å². The summed E-state index contributed by atoms with van der Waals surface area (Å²) in [6.45, 7) is 1.57. The molecule has 3 fully saturated rings. The molecule has 3 aliphatic heterocycles. The van der Waals surface area contributed by atoms with Gasteiger partial charge in [0, 0.05) is 6.42 Å². The lowest BCUT2D eigenvalue weighted by atomic mass is 9.96. The SMILES string of the molecule is CC/C=C\C/C=C\C/C=C\C/C=C\C/C=C\C/C=C\CCCCC(=O)NC(COC1OC(CO)C(OC2OC(CO)C(OC3OC(CO)C(O)C(O)C3O)C(O)C2O)C(O)C1O)C(O)/C=C/CCCCCCCCCCCCCCCCCC. The Balaban J connectivity index is 1.51. The molecule has 0 spiro atoms. The van der Waals surface area contributed by atoms with Gasteiger partial charge in [-0.2, -0.15) is 0 Å². The van der Waals surface area contributed by atoms with E-state index in [0.29, 0.717) is 6.42 Å². The molecule has 0 bridgehead atoms. The van der Waals surface area contributed by atoms with Gasteiger partial charge in [0.05, 0.1) is 38.6 Å². The molecule has 0 aliphatic carbocycles. The number of carbonyl (C=O) groups is 1. The molecule has 0 aromatic rings. The van der Waals surface area contributed by atoms with E-state index in [2.05, 4.69) is 92.1 Å². The van der Waals surface area contributed by atoms with Gasteiger partial charge in [-0.3, -0.25) is 4.79 Å². The Kier molecular flexibility index (Phi) is 42.1. The van der Waals surface area contributed by atoms with Crippen molar-refractivity contribution in [3.8, 4) is 0 Å². The number of allylic oxidation sites excluding steroid dienone is 13. The zero-order valence-corrected chi connectivity index (χ0v) is 50.6. The Morgan fingerprint density at radius 1 is 0.440 bits per heavy atom. The lowest BCUT2D eigenvalue weighted by Crippen LogP contribution is -2.66. The van der Waals surface area contributed by atoms with Crippen LogP contribution in [0.25, 0.3) is 0 Å². The second-order valence-electron chi connectivity index (χ2n) is 22.5. The standard InChI is InChI=1S/C65H111NO18/c1-3-5-7-9-11-13-15-17-19-21-23-24-25-27-29-31-33-35-37-39-41-43-53(71)66-48(49(70)42-40-38-36-34-32-30-28-26-22-20-18-16-14-12-10-8-6-4-2)47-79-63-59(77)56(74)61(51(45-68)81-63)84-65-60(78)57(75)62(52(46-69)82-65)83-64-58(76)55(73)54(72)50(44-67)80-64/h5,7,11,13,17,19,23-24,27,29,33,35,40,42,48-52,54-65,67-70,72-78H,3-4,6,8-10,12,14-16,18,20-22,25-26,28,30-32,34,36-39,41,43-47H2,1-2H3,(H,66,71)/b7-5-,13-11-,19-17-,24-23-,29-27-,35-33-,42-40+. The van der Waals surface area contributed by atoms with Gasteiger partial charge >= 0.3 is 0 Å². The maximum Gasteiger partial charge on any atom is 0.220 e. The van der Waals surface area contributed by atoms with Gasteiger partial charge in [-0.05, 0) is 70.6 Å². The zero-order valence-electron chi connectivity index (χ0n) is 50.6. The highest BCUT2D eigenvalue weighted by Gasteiger charge is 2.53. The van der Waals surface area contributed by atoms with Crippen LogP contribution in [0.15, 0.2) is 85.1 Å². The number of carbonyl (C=O) groups excluding carboxylic acids is 1. The molecule has 3 saturated heterocycles. The van der Waals surface area contributed by atoms with Crippen LogP contribution in [0, 0.1) is 0 Å². The third-order valence-corrected chi connectivity index (χ3v) is 15.4. The average Bonchev–Trinajstić information content (AvgIpc) is 2.76. The minimum Gasteiger partial charge on any atom is -0.394 e. The van der Waals surface area contributed by atoms with Crippen molar-refractivity contribution in [2.75, 3.05) is 26.4 Å². The summed E-state index contributed by atoms with van der Waals surface area (Å²) >= 11 is 0. The number of hydrogen-bond acceptors (Lipinski definition) is 18. The molecule has 19 nitrogen and oxygen atoms in total. The van der Waals surface area contributed by atoms with E-state index < -0.39 is 124 Å². The van der Waals surface area contributed by atoms with E-state index in [4.69, 9.17) is 28.4 Å². The number of unbranched alkanes of at least 4 members (excludes halogenated alkanes) is 18. The Hall–Kier alpha value is -3.03. The molecule has 1 amide bonds. The van der Waals surface area contributed by atoms with Crippen molar-refractivity contribution in [3.05, 3.63) is 85.1 Å². The maximum absolute atomic E-state index is 13.3. The third-order valence-electron chi connectivity index (χ3n) is 15.4. The van der Waals surface area contributed by atoms with Crippen LogP contribution < -0.4 is 5.32 Å². The van der Waals surface area contributed by atoms with Crippen LogP contribution >= 0.6 is 0 Å². The second-order valence-corrected chi connectivity index (χ2v) is 22.5. The molecule has 0 radical (unpaired) electrons. The molecule has 0 aromatic heterocycles. The first kappa shape index (κ1) is 75.2. The summed E-state index contributed by atoms with van der Waals surface area (Å²) in [5, 5.41) is 120. The minimum atomic E-state index is -1.99. The Labute approximate surface area is 501 Å². The van der Waals surface area contributed by atoms with Gasteiger partial charge in [0.25, 0.3) is 0 Å². The van der Waals surface area contributed by atoms with Crippen LogP contribution in [0.1, 0.15) is 187 Å². The molecular weight excluding hydrogens is 1080 g/mol. The van der Waals surface area contributed by atoms with E-state index in [1.807, 2.05) is 6.08 Å². The van der Waals surface area contributed by atoms with Crippen molar-refractivity contribution in [2.45, 2.75) is 291 Å². The van der Waals surface area contributed by atoms with E-state index in [-0.39, 0.29) is 18.9 Å². The van der Waals surface area contributed by atoms with Gasteiger partial charge in [-0.15, -0.1) is 0 Å². The molecule has 84 heavy (non-hydrogen) atoms. The molecule has 3 rings (SSSR count). The van der Waals surface area contributed by atoms with Crippen molar-refractivity contribution in [2.24, 2.45) is 0 Å². The van der Waals surface area contributed by atoms with E-state index >= 15 is 0 Å². The first-order chi connectivity index (χ1) is 40.8. The number of aliphatic hydroxyl groups excluding tert-OH is 11. The highest BCUT2D eigenvalue weighted by Crippen LogP contribution is 2.33. The van der Waals surface area contributed by atoms with Crippen molar-refractivity contribution < 1.29 is 89.4 Å². The van der Waals surface area contributed by atoms with E-state index in [0.717, 1.165) is 77.0 Å². The number of hydrogen-bond donors (Lipinski definition) is 12. The predicted octanol–water partition coefficient (Wildman–Crippen LogP) is 6.76. The van der Waals surface area contributed by atoms with E-state index in [1.165, 1.54) is 83.5 Å². The van der Waals surface area contributed by atoms with Crippen LogP contribution in [0.4, 0.5) is 0 Å². The topological polar surface area (TPSA) is 307 Å². The first-order valence-electron chi connectivity index (χ1n) is 31.8. The molecule has 17 atom stereocenters. The quantitative estimate of drug-likeness (QED) is 0.0221. The molecule has 3 heterocycles. The lowest BCUT2D eigenvalue weighted by Gasteiger charge is -2.48. The fourth-order valence-corrected chi connectivity index (χ4v) is 10.3. The molecule has 3 aliphatic rings. The van der Waals surface area contributed by atoms with Crippen LogP contribution in [0.3, 0.4) is 0 Å². The molecular formula is C65H111NO18. The average molecular weight is 1190 g/mol. The second kappa shape index (κ2) is 47.0. The fraction of sp³-hybridized carbons (Fsp3) is 0.769. The van der Waals surface area contributed by atoms with Gasteiger partial charge in [-0.25, -0.2) is 0 Å². The summed E-state index contributed by atoms with van der Waals surface area (Å²) in [5.41, 5.74) is 0. The molecule has 0 saturated carbocycles. The Morgan fingerprint density at radius 3 is 1.29 bits per heavy atom. The van der Waals surface area contributed by atoms with Crippen LogP contribution in [0.5, 0.6) is 0 Å². The molecule has 484 valence electrons. The number of aliphatic hydroxyl groups is 11. The number of ether oxygens (including phenoxy) is 6. The normalized spacial score (nSPS) is 29.8. The summed E-state index contributed by atoms with van der Waals surface area (Å²) < 4.78 is 34.3. The smallest absolute Gasteiger partial charge is 0.220 e. The fourth-order valence-electron chi connectivity index (χ4n) is 10.3. The van der Waals surface area contributed by atoms with Crippen molar-refractivity contribution in [3.63, 3.8) is 0 Å². The maximum atomic E-state index is 13.3. The summed E-state index contributed by atoms with van der Waals surface area (Å²) in [6, 6.07) is -1.00. The van der Waals surface area contributed by atoms with Gasteiger partial charge in [0.2, 0.25) is 5.91 Å². The highest BCUT2D eigenvalue weighted by molar-refractivity contribution is 5.76. The monoisotopic (exact) mass is 1190 g/mol. The summed E-state index contributed by atoms with van der Waals surface area (Å²) in [5.74, 6) is -0.321. The molecule has 19 heteroatoms. The molecule has 17 unspecified atom stereocenters. The summed E-state index contributed by atoms with van der Waals surface area (Å²) in [6.07, 6.45) is 31.2. The van der Waals surface area contributed by atoms with E-state index in [9.17, 15) is 61.0 Å². The van der Waals surface area contributed by atoms with Crippen LogP contribution in [0.2, 0.25) is 0 Å². The highest BCUT2D eigenvalue weighted by atomic mass is 16.8. The lowest BCUT2D eigenvalue weighted by molar-refractivity contribution is -0.379. The third kappa shape index (κ3) is 29.8. The first-order valence-corrected chi connectivity index (χ1v) is 31.8. The minimum absolute atomic E-state index is 0.184. The summed E-state index contributed by atoms with van der Waals surface area (Å²) in [7, 11) is 0. The molecule has 0 aromatic carbocycles. The van der Waals surface area contributed by atoms with Gasteiger partial charge in [0.1, 0.15) is 73.2 Å². The predicted molar refractivity (Wildman–Crippen MR) is 323 cm³/mol. The van der Waals surface area contributed by atoms with Gasteiger partial charge < -0.3 is 89.9 Å². The van der Waals surface area contributed by atoms with Crippen LogP contribution in [-0.2, 0) is 33.2 Å². The largest absolute Gasteiger partial charge is 0.394 e. The van der Waals surface area contributed by atoms with Crippen molar-refractivity contribution >= 4 is 5.91 Å². The summed E-state index contributed by atoms with van der Waals surface area (Å²) in [4.78, 5) is 13.3. The Morgan fingerprint density at radius 2 is 0.821 bits per heavy atom. The number of nitrogens with one attached hydrogen (secondary N) is 1.